The van der Waals surface area contributed by atoms with Crippen LogP contribution < -0.4 is 5.32 Å². The van der Waals surface area contributed by atoms with E-state index in [4.69, 9.17) is 0 Å². The van der Waals surface area contributed by atoms with Crippen LogP contribution in [0.3, 0.4) is 0 Å². The average molecular weight is 247 g/mol. The van der Waals surface area contributed by atoms with Crippen LogP contribution in [0.25, 0.3) is 0 Å². The third-order valence-electron chi connectivity index (χ3n) is 2.89. The topological polar surface area (TPSA) is 46.9 Å². The van der Waals surface area contributed by atoms with Crippen LogP contribution in [0.5, 0.6) is 0 Å². The van der Waals surface area contributed by atoms with Crippen molar-refractivity contribution in [3.05, 3.63) is 53.1 Å². The van der Waals surface area contributed by atoms with Crippen LogP contribution in [0, 0.1) is 12.7 Å². The zero-order valence-electron chi connectivity index (χ0n) is 10.3. The van der Waals surface area contributed by atoms with Gasteiger partial charge in [-0.3, -0.25) is 9.48 Å². The average Bonchev–Trinajstić information content (AvgIpc) is 2.68. The number of carbonyl (C=O) groups is 1. The molecule has 4 nitrogen and oxygen atoms in total. The van der Waals surface area contributed by atoms with Gasteiger partial charge >= 0.3 is 0 Å². The zero-order chi connectivity index (χ0) is 13.1. The first-order valence-corrected chi connectivity index (χ1v) is 5.60. The molecule has 1 heterocycles. The van der Waals surface area contributed by atoms with Crippen LogP contribution in [-0.2, 0) is 13.6 Å². The summed E-state index contributed by atoms with van der Waals surface area (Å²) in [5.74, 6) is -0.936. The number of benzene rings is 1. The van der Waals surface area contributed by atoms with Crippen LogP contribution in [0.2, 0.25) is 0 Å². The summed E-state index contributed by atoms with van der Waals surface area (Å²) in [6.07, 6.45) is 1.69. The van der Waals surface area contributed by atoms with Gasteiger partial charge in [0.15, 0.2) is 0 Å². The highest BCUT2D eigenvalue weighted by Gasteiger charge is 2.11. The highest BCUT2D eigenvalue weighted by Crippen LogP contribution is 2.08. The molecule has 0 aliphatic rings. The van der Waals surface area contributed by atoms with Gasteiger partial charge in [-0.05, 0) is 19.1 Å². The number of nitrogens with zero attached hydrogens (tertiary/aromatic N) is 2. The van der Waals surface area contributed by atoms with Gasteiger partial charge in [-0.2, -0.15) is 5.10 Å². The molecular weight excluding hydrogens is 233 g/mol. The number of rotatable bonds is 3. The third kappa shape index (κ3) is 2.40. The van der Waals surface area contributed by atoms with Crippen LogP contribution in [-0.4, -0.2) is 15.7 Å². The SMILES string of the molecule is Cc1c(CNC(=O)c2ccccc2F)cnn1C. The van der Waals surface area contributed by atoms with Gasteiger partial charge in [0.25, 0.3) is 5.91 Å². The molecule has 0 saturated carbocycles. The van der Waals surface area contributed by atoms with Gasteiger partial charge in [0.1, 0.15) is 5.82 Å². The molecule has 0 saturated heterocycles. The number of hydrogen-bond acceptors (Lipinski definition) is 2. The molecule has 1 amide bonds. The van der Waals surface area contributed by atoms with E-state index in [1.54, 1.807) is 23.0 Å². The van der Waals surface area contributed by atoms with Crippen molar-refractivity contribution in [2.45, 2.75) is 13.5 Å². The lowest BCUT2D eigenvalue weighted by Gasteiger charge is -2.05. The Morgan fingerprint density at radius 1 is 1.44 bits per heavy atom. The third-order valence-corrected chi connectivity index (χ3v) is 2.89. The van der Waals surface area contributed by atoms with Gasteiger partial charge in [0.05, 0.1) is 11.8 Å². The normalized spacial score (nSPS) is 10.4. The van der Waals surface area contributed by atoms with Crippen molar-refractivity contribution < 1.29 is 9.18 Å². The first kappa shape index (κ1) is 12.3. The van der Waals surface area contributed by atoms with E-state index >= 15 is 0 Å². The van der Waals surface area contributed by atoms with E-state index in [0.717, 1.165) is 11.3 Å². The Balaban J connectivity index is 2.05. The van der Waals surface area contributed by atoms with Crippen LogP contribution >= 0.6 is 0 Å². The summed E-state index contributed by atoms with van der Waals surface area (Å²) < 4.78 is 15.1. The van der Waals surface area contributed by atoms with Crippen molar-refractivity contribution in [2.75, 3.05) is 0 Å². The summed E-state index contributed by atoms with van der Waals surface area (Å²) in [4.78, 5) is 11.8. The van der Waals surface area contributed by atoms with Crippen molar-refractivity contribution >= 4 is 5.91 Å². The first-order valence-electron chi connectivity index (χ1n) is 5.60. The molecule has 0 spiro atoms. The van der Waals surface area contributed by atoms with Gasteiger partial charge in [0.2, 0.25) is 0 Å². The van der Waals surface area contributed by atoms with Crippen LogP contribution in [0.1, 0.15) is 21.6 Å². The smallest absolute Gasteiger partial charge is 0.254 e. The Kier molecular flexibility index (Phi) is 3.41. The standard InChI is InChI=1S/C13H14FN3O/c1-9-10(8-16-17(9)2)7-15-13(18)11-5-3-4-6-12(11)14/h3-6,8H,7H2,1-2H3,(H,15,18). The Morgan fingerprint density at radius 2 is 2.17 bits per heavy atom. The summed E-state index contributed by atoms with van der Waals surface area (Å²) in [6.45, 7) is 2.25. The minimum Gasteiger partial charge on any atom is -0.348 e. The molecule has 5 heteroatoms. The van der Waals surface area contributed by atoms with Crippen molar-refractivity contribution in [3.63, 3.8) is 0 Å². The molecule has 94 valence electrons. The van der Waals surface area contributed by atoms with Crippen molar-refractivity contribution in [1.82, 2.24) is 15.1 Å². The van der Waals surface area contributed by atoms with Crippen molar-refractivity contribution in [2.24, 2.45) is 7.05 Å². The molecule has 0 aliphatic heterocycles. The summed E-state index contributed by atoms with van der Waals surface area (Å²) in [5, 5.41) is 6.75. The maximum atomic E-state index is 13.4. The fourth-order valence-corrected chi connectivity index (χ4v) is 1.63. The molecule has 1 aromatic heterocycles. The number of hydrogen-bond donors (Lipinski definition) is 1. The highest BCUT2D eigenvalue weighted by atomic mass is 19.1. The summed E-state index contributed by atoms with van der Waals surface area (Å²) in [7, 11) is 1.83. The summed E-state index contributed by atoms with van der Waals surface area (Å²) in [5.41, 5.74) is 1.95. The van der Waals surface area contributed by atoms with E-state index in [2.05, 4.69) is 10.4 Å². The quantitative estimate of drug-likeness (QED) is 0.899. The number of halogens is 1. The highest BCUT2D eigenvalue weighted by molar-refractivity contribution is 5.94. The molecule has 2 aromatic rings. The van der Waals surface area contributed by atoms with Gasteiger partial charge in [-0.15, -0.1) is 0 Å². The van der Waals surface area contributed by atoms with Gasteiger partial charge in [-0.1, -0.05) is 12.1 Å². The molecule has 0 unspecified atom stereocenters. The predicted molar refractivity (Wildman–Crippen MR) is 65.5 cm³/mol. The number of aromatic nitrogens is 2. The Bertz CT molecular complexity index is 577. The molecular formula is C13H14FN3O. The monoisotopic (exact) mass is 247 g/mol. The molecule has 2 rings (SSSR count). The second-order valence-corrected chi connectivity index (χ2v) is 4.04. The number of amides is 1. The van der Waals surface area contributed by atoms with E-state index in [-0.39, 0.29) is 5.56 Å². The minimum absolute atomic E-state index is 0.0547. The Hall–Kier alpha value is -2.17. The second kappa shape index (κ2) is 5.00. The molecule has 0 aliphatic carbocycles. The summed E-state index contributed by atoms with van der Waals surface area (Å²) in [6, 6.07) is 5.91. The molecule has 1 N–H and O–H groups in total. The molecule has 0 radical (unpaired) electrons. The van der Waals surface area contributed by atoms with Crippen molar-refractivity contribution in [3.8, 4) is 0 Å². The number of aryl methyl sites for hydroxylation is 1. The Morgan fingerprint density at radius 3 is 2.78 bits per heavy atom. The lowest BCUT2D eigenvalue weighted by Crippen LogP contribution is -2.24. The van der Waals surface area contributed by atoms with Crippen LogP contribution in [0.4, 0.5) is 4.39 Å². The van der Waals surface area contributed by atoms with Gasteiger partial charge in [-0.25, -0.2) is 4.39 Å². The molecule has 0 fully saturated rings. The largest absolute Gasteiger partial charge is 0.348 e. The van der Waals surface area contributed by atoms with Gasteiger partial charge in [0, 0.05) is 24.8 Å². The minimum atomic E-state index is -0.516. The first-order chi connectivity index (χ1) is 8.59. The predicted octanol–water partition coefficient (Wildman–Crippen LogP) is 1.80. The molecule has 0 bridgehead atoms. The van der Waals surface area contributed by atoms with Gasteiger partial charge < -0.3 is 5.32 Å². The molecule has 1 aromatic carbocycles. The number of nitrogens with one attached hydrogen (secondary N) is 1. The van der Waals surface area contributed by atoms with E-state index < -0.39 is 11.7 Å². The van der Waals surface area contributed by atoms with E-state index in [9.17, 15) is 9.18 Å². The fraction of sp³-hybridized carbons (Fsp3) is 0.231. The second-order valence-electron chi connectivity index (χ2n) is 4.04. The molecule has 0 atom stereocenters. The van der Waals surface area contributed by atoms with Crippen molar-refractivity contribution in [1.29, 1.82) is 0 Å². The Labute approximate surface area is 104 Å². The van der Waals surface area contributed by atoms with E-state index in [1.165, 1.54) is 12.1 Å². The fourth-order valence-electron chi connectivity index (χ4n) is 1.63. The van der Waals surface area contributed by atoms with Crippen LogP contribution in [0.15, 0.2) is 30.5 Å². The lowest BCUT2D eigenvalue weighted by molar-refractivity contribution is 0.0947. The maximum absolute atomic E-state index is 13.4. The maximum Gasteiger partial charge on any atom is 0.254 e. The zero-order valence-corrected chi connectivity index (χ0v) is 10.3. The lowest BCUT2D eigenvalue weighted by atomic mass is 10.2. The number of carbonyl (C=O) groups excluding carboxylic acids is 1. The van der Waals surface area contributed by atoms with E-state index in [0.29, 0.717) is 6.54 Å². The summed E-state index contributed by atoms with van der Waals surface area (Å²) >= 11 is 0. The molecule has 18 heavy (non-hydrogen) atoms. The van der Waals surface area contributed by atoms with E-state index in [1.807, 2.05) is 14.0 Å².